The molecule has 0 aliphatic carbocycles. The molecule has 0 spiro atoms. The van der Waals surface area contributed by atoms with Crippen molar-refractivity contribution in [3.63, 3.8) is 0 Å². The summed E-state index contributed by atoms with van der Waals surface area (Å²) in [7, 11) is -3.73. The minimum atomic E-state index is -3.73. The number of nitrogens with two attached hydrogens (primary N) is 1. The number of aromatic nitrogens is 1. The SMILES string of the molecule is Cc1cc(N)cc(S(=O)(=O)Nc2cc(Cl)ccn2)c1. The first-order chi connectivity index (χ1) is 8.87. The fraction of sp³-hybridized carbons (Fsp3) is 0.0833. The van der Waals surface area contributed by atoms with E-state index in [1.165, 1.54) is 24.4 Å². The molecular weight excluding hydrogens is 286 g/mol. The van der Waals surface area contributed by atoms with Gasteiger partial charge in [-0.3, -0.25) is 4.72 Å². The van der Waals surface area contributed by atoms with Crippen LogP contribution in [0.3, 0.4) is 0 Å². The number of benzene rings is 1. The number of hydrogen-bond donors (Lipinski definition) is 2. The van der Waals surface area contributed by atoms with Crippen LogP contribution in [0.1, 0.15) is 5.56 Å². The second kappa shape index (κ2) is 5.07. The zero-order valence-electron chi connectivity index (χ0n) is 10.1. The summed E-state index contributed by atoms with van der Waals surface area (Å²) in [6.07, 6.45) is 1.42. The Morgan fingerprint density at radius 3 is 2.63 bits per heavy atom. The highest BCUT2D eigenvalue weighted by Gasteiger charge is 2.15. The normalized spacial score (nSPS) is 11.3. The lowest BCUT2D eigenvalue weighted by Gasteiger charge is -2.09. The molecule has 19 heavy (non-hydrogen) atoms. The van der Waals surface area contributed by atoms with Gasteiger partial charge in [0.2, 0.25) is 0 Å². The van der Waals surface area contributed by atoms with E-state index in [4.69, 9.17) is 17.3 Å². The monoisotopic (exact) mass is 297 g/mol. The first-order valence-electron chi connectivity index (χ1n) is 5.38. The fourth-order valence-corrected chi connectivity index (χ4v) is 2.89. The van der Waals surface area contributed by atoms with Crippen molar-refractivity contribution in [2.24, 2.45) is 0 Å². The van der Waals surface area contributed by atoms with Gasteiger partial charge in [0.25, 0.3) is 10.0 Å². The number of anilines is 2. The molecule has 7 heteroatoms. The van der Waals surface area contributed by atoms with Gasteiger partial charge in [-0.2, -0.15) is 0 Å². The Labute approximate surface area is 116 Å². The highest BCUT2D eigenvalue weighted by Crippen LogP contribution is 2.20. The van der Waals surface area contributed by atoms with E-state index in [-0.39, 0.29) is 10.7 Å². The smallest absolute Gasteiger partial charge is 0.263 e. The molecule has 0 saturated heterocycles. The average Bonchev–Trinajstić information content (AvgIpc) is 2.26. The van der Waals surface area contributed by atoms with E-state index < -0.39 is 10.0 Å². The molecule has 0 unspecified atom stereocenters. The molecule has 100 valence electrons. The van der Waals surface area contributed by atoms with E-state index in [2.05, 4.69) is 9.71 Å². The van der Waals surface area contributed by atoms with Crippen LogP contribution in [0.2, 0.25) is 5.02 Å². The average molecular weight is 298 g/mol. The second-order valence-electron chi connectivity index (χ2n) is 4.04. The summed E-state index contributed by atoms with van der Waals surface area (Å²) in [5.41, 5.74) is 6.80. The van der Waals surface area contributed by atoms with Gasteiger partial charge in [0.1, 0.15) is 5.82 Å². The largest absolute Gasteiger partial charge is 0.399 e. The van der Waals surface area contributed by atoms with Gasteiger partial charge in [-0.1, -0.05) is 11.6 Å². The van der Waals surface area contributed by atoms with Gasteiger partial charge in [-0.25, -0.2) is 13.4 Å². The van der Waals surface area contributed by atoms with Gasteiger partial charge < -0.3 is 5.73 Å². The molecule has 2 rings (SSSR count). The Hall–Kier alpha value is -1.79. The summed E-state index contributed by atoms with van der Waals surface area (Å²) in [4.78, 5) is 3.98. The number of nitrogen functional groups attached to an aromatic ring is 1. The quantitative estimate of drug-likeness (QED) is 0.852. The molecule has 0 aliphatic rings. The third-order valence-electron chi connectivity index (χ3n) is 2.34. The lowest BCUT2D eigenvalue weighted by atomic mass is 10.2. The number of hydrogen-bond acceptors (Lipinski definition) is 4. The van der Waals surface area contributed by atoms with Crippen LogP contribution in [0, 0.1) is 6.92 Å². The van der Waals surface area contributed by atoms with Crippen LogP contribution >= 0.6 is 11.6 Å². The summed E-state index contributed by atoms with van der Waals surface area (Å²) >= 11 is 5.78. The molecule has 2 aromatic rings. The molecule has 0 aliphatic heterocycles. The number of sulfonamides is 1. The molecule has 5 nitrogen and oxygen atoms in total. The predicted octanol–water partition coefficient (Wildman–Crippen LogP) is 2.43. The summed E-state index contributed by atoms with van der Waals surface area (Å²) in [6, 6.07) is 7.60. The van der Waals surface area contributed by atoms with Crippen molar-refractivity contribution < 1.29 is 8.42 Å². The number of aryl methyl sites for hydroxylation is 1. The highest BCUT2D eigenvalue weighted by atomic mass is 35.5. The van der Waals surface area contributed by atoms with Crippen molar-refractivity contribution in [1.82, 2.24) is 4.98 Å². The molecule has 0 atom stereocenters. The van der Waals surface area contributed by atoms with Crippen LogP contribution in [-0.2, 0) is 10.0 Å². The van der Waals surface area contributed by atoms with Gasteiger partial charge in [-0.15, -0.1) is 0 Å². The minimum absolute atomic E-state index is 0.0896. The van der Waals surface area contributed by atoms with Crippen LogP contribution in [0.4, 0.5) is 11.5 Å². The molecule has 0 saturated carbocycles. The Morgan fingerprint density at radius 2 is 2.00 bits per heavy atom. The lowest BCUT2D eigenvalue weighted by Crippen LogP contribution is -2.14. The zero-order chi connectivity index (χ0) is 14.0. The first kappa shape index (κ1) is 13.6. The van der Waals surface area contributed by atoms with E-state index in [1.807, 2.05) is 0 Å². The lowest BCUT2D eigenvalue weighted by molar-refractivity contribution is 0.601. The molecule has 1 heterocycles. The van der Waals surface area contributed by atoms with E-state index in [1.54, 1.807) is 19.1 Å². The maximum absolute atomic E-state index is 12.2. The third-order valence-corrected chi connectivity index (χ3v) is 3.91. The summed E-state index contributed by atoms with van der Waals surface area (Å²) in [5.74, 6) is 0.160. The Bertz CT molecular complexity index is 696. The number of pyridine rings is 1. The summed E-state index contributed by atoms with van der Waals surface area (Å²) in [5, 5.41) is 0.399. The number of nitrogens with one attached hydrogen (secondary N) is 1. The number of halogens is 1. The maximum Gasteiger partial charge on any atom is 0.263 e. The zero-order valence-corrected chi connectivity index (χ0v) is 11.7. The Morgan fingerprint density at radius 1 is 1.26 bits per heavy atom. The topological polar surface area (TPSA) is 85.1 Å². The summed E-state index contributed by atoms with van der Waals surface area (Å²) < 4.78 is 26.7. The molecular formula is C12H12ClN3O2S. The Kier molecular flexibility index (Phi) is 3.64. The molecule has 1 aromatic carbocycles. The van der Waals surface area contributed by atoms with Gasteiger partial charge in [0.05, 0.1) is 4.90 Å². The van der Waals surface area contributed by atoms with E-state index in [9.17, 15) is 8.42 Å². The molecule has 0 bridgehead atoms. The maximum atomic E-state index is 12.2. The van der Waals surface area contributed by atoms with E-state index >= 15 is 0 Å². The molecule has 3 N–H and O–H groups in total. The van der Waals surface area contributed by atoms with Crippen molar-refractivity contribution in [2.75, 3.05) is 10.5 Å². The van der Waals surface area contributed by atoms with Crippen molar-refractivity contribution in [1.29, 1.82) is 0 Å². The van der Waals surface area contributed by atoms with Crippen LogP contribution in [0.5, 0.6) is 0 Å². The van der Waals surface area contributed by atoms with Crippen molar-refractivity contribution in [2.45, 2.75) is 11.8 Å². The highest BCUT2D eigenvalue weighted by molar-refractivity contribution is 7.92. The van der Waals surface area contributed by atoms with Crippen LogP contribution < -0.4 is 10.5 Å². The van der Waals surface area contributed by atoms with Gasteiger partial charge >= 0.3 is 0 Å². The first-order valence-corrected chi connectivity index (χ1v) is 7.24. The van der Waals surface area contributed by atoms with Gasteiger partial charge in [0.15, 0.2) is 0 Å². The van der Waals surface area contributed by atoms with Crippen LogP contribution in [0.25, 0.3) is 0 Å². The van der Waals surface area contributed by atoms with Crippen LogP contribution in [-0.4, -0.2) is 13.4 Å². The Balaban J connectivity index is 2.37. The van der Waals surface area contributed by atoms with E-state index in [0.717, 1.165) is 5.56 Å². The number of nitrogens with zero attached hydrogens (tertiary/aromatic N) is 1. The fourth-order valence-electron chi connectivity index (χ4n) is 1.59. The molecule has 0 amide bonds. The van der Waals surface area contributed by atoms with Gasteiger partial charge in [-0.05, 0) is 36.8 Å². The van der Waals surface area contributed by atoms with E-state index in [0.29, 0.717) is 10.7 Å². The third kappa shape index (κ3) is 3.36. The predicted molar refractivity (Wildman–Crippen MR) is 75.6 cm³/mol. The minimum Gasteiger partial charge on any atom is -0.399 e. The van der Waals surface area contributed by atoms with Crippen LogP contribution in [0.15, 0.2) is 41.4 Å². The molecule has 0 fully saturated rings. The van der Waals surface area contributed by atoms with Gasteiger partial charge in [0, 0.05) is 23.0 Å². The van der Waals surface area contributed by atoms with Crippen molar-refractivity contribution in [3.05, 3.63) is 47.1 Å². The molecule has 0 radical (unpaired) electrons. The summed E-state index contributed by atoms with van der Waals surface area (Å²) in [6.45, 7) is 1.77. The second-order valence-corrected chi connectivity index (χ2v) is 6.16. The van der Waals surface area contributed by atoms with Crippen molar-refractivity contribution in [3.8, 4) is 0 Å². The standard InChI is InChI=1S/C12H12ClN3O2S/c1-8-4-10(14)7-11(5-8)19(17,18)16-12-6-9(13)2-3-15-12/h2-7H,14H2,1H3,(H,15,16). The molecule has 1 aromatic heterocycles. The number of rotatable bonds is 3. The van der Waals surface area contributed by atoms with Crippen molar-refractivity contribution >= 4 is 33.1 Å².